The van der Waals surface area contributed by atoms with Crippen LogP contribution in [0.25, 0.3) is 77.6 Å². The molecule has 0 unspecified atom stereocenters. The van der Waals surface area contributed by atoms with Gasteiger partial charge in [-0.2, -0.15) is 0 Å². The molecule has 0 bridgehead atoms. The Hall–Kier alpha value is -7.42. The highest BCUT2D eigenvalue weighted by Crippen LogP contribution is 2.40. The Bertz CT molecular complexity index is 2910. The van der Waals surface area contributed by atoms with Gasteiger partial charge in [0, 0.05) is 33.9 Å². The number of furan rings is 1. The van der Waals surface area contributed by atoms with E-state index in [9.17, 15) is 0 Å². The fourth-order valence-corrected chi connectivity index (χ4v) is 7.76. The molecule has 0 aliphatic rings. The van der Waals surface area contributed by atoms with E-state index in [1.54, 1.807) is 0 Å². The van der Waals surface area contributed by atoms with Gasteiger partial charge in [0.15, 0.2) is 0 Å². The van der Waals surface area contributed by atoms with Crippen LogP contribution in [0.5, 0.6) is 0 Å². The molecule has 56 heavy (non-hydrogen) atoms. The largest absolute Gasteiger partial charge is 0.456 e. The van der Waals surface area contributed by atoms with Gasteiger partial charge in [0.05, 0.1) is 0 Å². The number of benzene rings is 9. The van der Waals surface area contributed by atoms with Crippen molar-refractivity contribution in [1.82, 2.24) is 0 Å². The molecule has 0 N–H and O–H groups in total. The molecule has 10 aromatic rings. The van der Waals surface area contributed by atoms with Crippen molar-refractivity contribution in [2.75, 3.05) is 4.90 Å². The summed E-state index contributed by atoms with van der Waals surface area (Å²) in [6.45, 7) is 0. The predicted octanol–water partition coefficient (Wildman–Crippen LogP) is 15.4. The van der Waals surface area contributed by atoms with Crippen molar-refractivity contribution < 1.29 is 4.42 Å². The molecule has 0 atom stereocenters. The topological polar surface area (TPSA) is 16.4 Å². The van der Waals surface area contributed by atoms with Crippen molar-refractivity contribution in [3.05, 3.63) is 224 Å². The van der Waals surface area contributed by atoms with Crippen LogP contribution < -0.4 is 4.90 Å². The Balaban J connectivity index is 0.967. The molecule has 0 aliphatic carbocycles. The molecule has 0 saturated heterocycles. The number of hydrogen-bond acceptors (Lipinski definition) is 2. The van der Waals surface area contributed by atoms with Gasteiger partial charge < -0.3 is 9.32 Å². The lowest BCUT2D eigenvalue weighted by molar-refractivity contribution is 0.669. The molecule has 1 aromatic heterocycles. The maximum Gasteiger partial charge on any atom is 0.137 e. The SMILES string of the molecule is c1ccc(-c2ccc(-c3ccc(N(c4ccc(-c5ccc(-c6cccc(-c7ccccc7)c6)cc5)cc4)c4ccc5c(c4)oc4ccccc45)cc3)cc2)cc1. The minimum absolute atomic E-state index is 0.870. The lowest BCUT2D eigenvalue weighted by Gasteiger charge is -2.26. The minimum atomic E-state index is 0.870. The highest BCUT2D eigenvalue weighted by molar-refractivity contribution is 6.06. The van der Waals surface area contributed by atoms with Crippen LogP contribution in [0.15, 0.2) is 229 Å². The fraction of sp³-hybridized carbons (Fsp3) is 0. The Kier molecular flexibility index (Phi) is 8.55. The van der Waals surface area contributed by atoms with Gasteiger partial charge in [-0.3, -0.25) is 0 Å². The first kappa shape index (κ1) is 33.2. The first-order chi connectivity index (χ1) is 27.7. The van der Waals surface area contributed by atoms with E-state index in [-0.39, 0.29) is 0 Å². The molecular weight excluding hydrogens is 679 g/mol. The van der Waals surface area contributed by atoms with Crippen molar-refractivity contribution in [2.45, 2.75) is 0 Å². The van der Waals surface area contributed by atoms with Crippen LogP contribution in [0.4, 0.5) is 17.1 Å². The maximum absolute atomic E-state index is 6.35. The monoisotopic (exact) mass is 715 g/mol. The summed E-state index contributed by atoms with van der Waals surface area (Å²) < 4.78 is 6.35. The standard InChI is InChI=1S/C54H37NO/c1-3-10-38(11-4-1)40-18-20-41(21-19-40)43-26-30-48(31-27-43)55(50-34-35-52-51-16-7-8-17-53(51)56-54(52)37-50)49-32-28-44(29-33-49)42-22-24-45(25-23-42)47-15-9-14-46(36-47)39-12-5-2-6-13-39/h1-37H. The van der Waals surface area contributed by atoms with E-state index in [0.29, 0.717) is 0 Å². The smallest absolute Gasteiger partial charge is 0.137 e. The van der Waals surface area contributed by atoms with Crippen molar-refractivity contribution in [1.29, 1.82) is 0 Å². The predicted molar refractivity (Wildman–Crippen MR) is 236 cm³/mol. The lowest BCUT2D eigenvalue weighted by atomic mass is 9.97. The van der Waals surface area contributed by atoms with E-state index < -0.39 is 0 Å². The van der Waals surface area contributed by atoms with E-state index in [2.05, 4.69) is 217 Å². The Morgan fingerprint density at radius 3 is 1.11 bits per heavy atom. The second-order valence-electron chi connectivity index (χ2n) is 14.2. The summed E-state index contributed by atoms with van der Waals surface area (Å²) >= 11 is 0. The summed E-state index contributed by atoms with van der Waals surface area (Å²) in [7, 11) is 0. The number of anilines is 3. The van der Waals surface area contributed by atoms with Gasteiger partial charge >= 0.3 is 0 Å². The summed E-state index contributed by atoms with van der Waals surface area (Å²) in [4.78, 5) is 2.31. The van der Waals surface area contributed by atoms with Crippen molar-refractivity contribution in [3.63, 3.8) is 0 Å². The number of para-hydroxylation sites is 1. The Morgan fingerprint density at radius 1 is 0.232 bits per heavy atom. The Morgan fingerprint density at radius 2 is 0.589 bits per heavy atom. The highest BCUT2D eigenvalue weighted by Gasteiger charge is 2.16. The highest BCUT2D eigenvalue weighted by atomic mass is 16.3. The minimum Gasteiger partial charge on any atom is -0.456 e. The van der Waals surface area contributed by atoms with Gasteiger partial charge in [-0.15, -0.1) is 0 Å². The molecule has 9 aromatic carbocycles. The third-order valence-electron chi connectivity index (χ3n) is 10.7. The van der Waals surface area contributed by atoms with Crippen molar-refractivity contribution in [3.8, 4) is 55.6 Å². The van der Waals surface area contributed by atoms with Crippen LogP contribution in [0, 0.1) is 0 Å². The molecule has 0 fully saturated rings. The third-order valence-corrected chi connectivity index (χ3v) is 10.7. The molecule has 0 saturated carbocycles. The van der Waals surface area contributed by atoms with Crippen LogP contribution in [0.3, 0.4) is 0 Å². The maximum atomic E-state index is 6.35. The van der Waals surface area contributed by atoms with Crippen LogP contribution in [0.1, 0.15) is 0 Å². The summed E-state index contributed by atoms with van der Waals surface area (Å²) in [5.74, 6) is 0. The zero-order valence-electron chi connectivity index (χ0n) is 30.7. The van der Waals surface area contributed by atoms with Crippen LogP contribution in [0.2, 0.25) is 0 Å². The first-order valence-electron chi connectivity index (χ1n) is 19.1. The lowest BCUT2D eigenvalue weighted by Crippen LogP contribution is -2.09. The molecule has 0 spiro atoms. The van der Waals surface area contributed by atoms with Gasteiger partial charge in [0.1, 0.15) is 11.2 Å². The molecule has 10 rings (SSSR count). The average Bonchev–Trinajstić information content (AvgIpc) is 3.66. The van der Waals surface area contributed by atoms with E-state index in [1.807, 2.05) is 12.1 Å². The van der Waals surface area contributed by atoms with E-state index in [0.717, 1.165) is 39.0 Å². The van der Waals surface area contributed by atoms with Gasteiger partial charge in [-0.05, 0) is 104 Å². The second kappa shape index (κ2) is 14.4. The normalized spacial score (nSPS) is 11.2. The third kappa shape index (κ3) is 6.44. The van der Waals surface area contributed by atoms with Gasteiger partial charge in [0.25, 0.3) is 0 Å². The number of rotatable bonds is 8. The fourth-order valence-electron chi connectivity index (χ4n) is 7.76. The molecule has 1 heterocycles. The zero-order chi connectivity index (χ0) is 37.3. The van der Waals surface area contributed by atoms with Gasteiger partial charge in [-0.1, -0.05) is 170 Å². The molecule has 2 heteroatoms. The molecule has 0 aliphatic heterocycles. The Labute approximate surface area is 327 Å². The van der Waals surface area contributed by atoms with E-state index >= 15 is 0 Å². The number of fused-ring (bicyclic) bond motifs is 3. The molecule has 0 radical (unpaired) electrons. The van der Waals surface area contributed by atoms with Gasteiger partial charge in [-0.25, -0.2) is 0 Å². The summed E-state index contributed by atoms with van der Waals surface area (Å²) in [6, 6.07) is 80.0. The number of hydrogen-bond donors (Lipinski definition) is 0. The summed E-state index contributed by atoms with van der Waals surface area (Å²) in [5.41, 5.74) is 16.9. The second-order valence-corrected chi connectivity index (χ2v) is 14.2. The van der Waals surface area contributed by atoms with Crippen molar-refractivity contribution in [2.24, 2.45) is 0 Å². The summed E-state index contributed by atoms with van der Waals surface area (Å²) in [6.07, 6.45) is 0. The van der Waals surface area contributed by atoms with Crippen LogP contribution >= 0.6 is 0 Å². The average molecular weight is 716 g/mol. The summed E-state index contributed by atoms with van der Waals surface area (Å²) in [5, 5.41) is 2.24. The van der Waals surface area contributed by atoms with Crippen LogP contribution in [-0.4, -0.2) is 0 Å². The molecule has 264 valence electrons. The quantitative estimate of drug-likeness (QED) is 0.156. The number of nitrogens with zero attached hydrogens (tertiary/aromatic N) is 1. The molecule has 2 nitrogen and oxygen atoms in total. The van der Waals surface area contributed by atoms with E-state index in [4.69, 9.17) is 4.42 Å². The van der Waals surface area contributed by atoms with Gasteiger partial charge in [0.2, 0.25) is 0 Å². The molecular formula is C54H37NO. The van der Waals surface area contributed by atoms with Crippen LogP contribution in [-0.2, 0) is 0 Å². The molecule has 0 amide bonds. The zero-order valence-corrected chi connectivity index (χ0v) is 30.7. The van der Waals surface area contributed by atoms with Crippen molar-refractivity contribution >= 4 is 39.0 Å². The first-order valence-corrected chi connectivity index (χ1v) is 19.1. The van der Waals surface area contributed by atoms with E-state index in [1.165, 1.54) is 55.6 Å².